The van der Waals surface area contributed by atoms with E-state index in [1.165, 1.54) is 7.11 Å². The van der Waals surface area contributed by atoms with Crippen LogP contribution >= 0.6 is 11.6 Å². The topological polar surface area (TPSA) is 67.2 Å². The number of nitrogens with zero attached hydrogens (tertiary/aromatic N) is 1. The number of benzene rings is 1. The third kappa shape index (κ3) is 2.32. The van der Waals surface area contributed by atoms with Gasteiger partial charge in [-0.05, 0) is 17.7 Å². The number of nitriles is 1. The Kier molecular flexibility index (Phi) is 4.10. The molecule has 1 aliphatic rings. The maximum absolute atomic E-state index is 12.2. The highest BCUT2D eigenvalue weighted by molar-refractivity contribution is 7.92. The van der Waals surface area contributed by atoms with Crippen LogP contribution in [0.3, 0.4) is 0 Å². The Labute approximate surface area is 124 Å². The van der Waals surface area contributed by atoms with Gasteiger partial charge in [0.05, 0.1) is 17.9 Å². The highest BCUT2D eigenvalue weighted by Gasteiger charge is 2.71. The van der Waals surface area contributed by atoms with Crippen molar-refractivity contribution in [3.63, 3.8) is 0 Å². The molecule has 1 aliphatic carbocycles. The van der Waals surface area contributed by atoms with Gasteiger partial charge in [-0.2, -0.15) is 5.26 Å². The Balaban J connectivity index is 2.48. The lowest BCUT2D eigenvalue weighted by Crippen LogP contribution is -2.20. The molecule has 1 fully saturated rings. The van der Waals surface area contributed by atoms with Crippen molar-refractivity contribution >= 4 is 21.4 Å². The summed E-state index contributed by atoms with van der Waals surface area (Å²) in [4.78, 5) is 0. The van der Waals surface area contributed by atoms with Gasteiger partial charge in [-0.3, -0.25) is 0 Å². The van der Waals surface area contributed by atoms with E-state index in [4.69, 9.17) is 16.3 Å². The number of sulfone groups is 1. The molecule has 0 N–H and O–H groups in total. The quantitative estimate of drug-likeness (QED) is 0.837. The molecule has 108 valence electrons. The van der Waals surface area contributed by atoms with Crippen LogP contribution < -0.4 is 0 Å². The van der Waals surface area contributed by atoms with Gasteiger partial charge in [0, 0.05) is 23.8 Å². The number of rotatable bonds is 5. The van der Waals surface area contributed by atoms with Gasteiger partial charge in [0.2, 0.25) is 0 Å². The first-order chi connectivity index (χ1) is 9.43. The van der Waals surface area contributed by atoms with Gasteiger partial charge in [0.15, 0.2) is 9.84 Å². The first-order valence-corrected chi connectivity index (χ1v) is 8.39. The van der Waals surface area contributed by atoms with E-state index < -0.39 is 20.5 Å². The molecule has 0 aromatic heterocycles. The third-order valence-electron chi connectivity index (χ3n) is 3.84. The second-order valence-corrected chi connectivity index (χ2v) is 7.84. The van der Waals surface area contributed by atoms with Gasteiger partial charge in [-0.15, -0.1) is 0 Å². The minimum Gasteiger partial charge on any atom is -0.383 e. The molecule has 0 heterocycles. The molecule has 0 spiro atoms. The Hall–Kier alpha value is -1.09. The molecule has 0 radical (unpaired) electrons. The first kappa shape index (κ1) is 15.3. The first-order valence-electron chi connectivity index (χ1n) is 6.30. The van der Waals surface area contributed by atoms with Crippen molar-refractivity contribution in [1.29, 1.82) is 5.26 Å². The largest absolute Gasteiger partial charge is 0.383 e. The van der Waals surface area contributed by atoms with Gasteiger partial charge in [0.1, 0.15) is 5.41 Å². The van der Waals surface area contributed by atoms with Gasteiger partial charge in [-0.25, -0.2) is 8.42 Å². The molecule has 4 nitrogen and oxygen atoms in total. The molecule has 0 aliphatic heterocycles. The molecule has 0 amide bonds. The molecule has 1 saturated carbocycles. The lowest BCUT2D eigenvalue weighted by atomic mass is 10.0. The zero-order valence-corrected chi connectivity index (χ0v) is 12.9. The smallest absolute Gasteiger partial charge is 0.155 e. The summed E-state index contributed by atoms with van der Waals surface area (Å²) in [5.41, 5.74) is -0.230. The van der Waals surface area contributed by atoms with E-state index in [1.54, 1.807) is 25.1 Å². The van der Waals surface area contributed by atoms with Crippen LogP contribution in [0.4, 0.5) is 0 Å². The van der Waals surface area contributed by atoms with Crippen LogP contribution in [0.1, 0.15) is 18.4 Å². The molecule has 2 rings (SSSR count). The van der Waals surface area contributed by atoms with Crippen LogP contribution in [-0.2, 0) is 14.6 Å². The maximum Gasteiger partial charge on any atom is 0.155 e. The Morgan fingerprint density at radius 1 is 1.50 bits per heavy atom. The molecule has 1 aromatic carbocycles. The number of ether oxygens (including phenoxy) is 1. The molecule has 20 heavy (non-hydrogen) atoms. The molecular weight excluding hydrogens is 298 g/mol. The van der Waals surface area contributed by atoms with Crippen LogP contribution in [0, 0.1) is 16.7 Å². The molecule has 0 saturated heterocycles. The van der Waals surface area contributed by atoms with E-state index >= 15 is 0 Å². The SMILES string of the molecule is CCS(=O)(=O)[C@@H]1[C@H](c2cccc(Cl)c2)[C@@]1(C#N)COC. The summed E-state index contributed by atoms with van der Waals surface area (Å²) in [5.74, 6) is -0.363. The van der Waals surface area contributed by atoms with Crippen molar-refractivity contribution in [2.45, 2.75) is 18.1 Å². The van der Waals surface area contributed by atoms with Crippen molar-refractivity contribution in [1.82, 2.24) is 0 Å². The summed E-state index contributed by atoms with van der Waals surface area (Å²) in [6, 6.07) is 9.18. The third-order valence-corrected chi connectivity index (χ3v) is 6.35. The van der Waals surface area contributed by atoms with E-state index in [2.05, 4.69) is 6.07 Å². The fourth-order valence-electron chi connectivity index (χ4n) is 2.86. The number of methoxy groups -OCH3 is 1. The fraction of sp³-hybridized carbons (Fsp3) is 0.500. The predicted octanol–water partition coefficient (Wildman–Crippen LogP) is 2.40. The Morgan fingerprint density at radius 3 is 2.70 bits per heavy atom. The predicted molar refractivity (Wildman–Crippen MR) is 77.4 cm³/mol. The van der Waals surface area contributed by atoms with Gasteiger partial charge >= 0.3 is 0 Å². The monoisotopic (exact) mass is 313 g/mol. The van der Waals surface area contributed by atoms with Crippen LogP contribution in [0.2, 0.25) is 5.02 Å². The highest BCUT2D eigenvalue weighted by Crippen LogP contribution is 2.63. The number of hydrogen-bond acceptors (Lipinski definition) is 4. The normalized spacial score (nSPS) is 28.9. The van der Waals surface area contributed by atoms with Crippen LogP contribution in [0.5, 0.6) is 0 Å². The van der Waals surface area contributed by atoms with Crippen molar-refractivity contribution in [2.75, 3.05) is 19.5 Å². The number of hydrogen-bond donors (Lipinski definition) is 0. The summed E-state index contributed by atoms with van der Waals surface area (Å²) < 4.78 is 29.6. The lowest BCUT2D eigenvalue weighted by molar-refractivity contribution is 0.162. The van der Waals surface area contributed by atoms with E-state index in [0.717, 1.165) is 5.56 Å². The maximum atomic E-state index is 12.2. The minimum absolute atomic E-state index is 0.0158. The number of halogens is 1. The molecule has 6 heteroatoms. The second kappa shape index (κ2) is 5.36. The van der Waals surface area contributed by atoms with E-state index in [0.29, 0.717) is 5.02 Å². The average molecular weight is 314 g/mol. The Morgan fingerprint density at radius 2 is 2.20 bits per heavy atom. The summed E-state index contributed by atoms with van der Waals surface area (Å²) in [5, 5.41) is 9.31. The van der Waals surface area contributed by atoms with Gasteiger partial charge in [-0.1, -0.05) is 30.7 Å². The van der Waals surface area contributed by atoms with Crippen LogP contribution in [-0.4, -0.2) is 33.1 Å². The van der Waals surface area contributed by atoms with Crippen molar-refractivity contribution in [3.8, 4) is 6.07 Å². The lowest BCUT2D eigenvalue weighted by Gasteiger charge is -2.07. The summed E-state index contributed by atoms with van der Waals surface area (Å²) >= 11 is 5.96. The van der Waals surface area contributed by atoms with Crippen LogP contribution in [0.25, 0.3) is 0 Å². The van der Waals surface area contributed by atoms with Gasteiger partial charge < -0.3 is 4.74 Å². The second-order valence-electron chi connectivity index (χ2n) is 4.99. The molecule has 0 bridgehead atoms. The molecule has 3 atom stereocenters. The minimum atomic E-state index is -3.32. The molecule has 1 aromatic rings. The highest BCUT2D eigenvalue weighted by atomic mass is 35.5. The average Bonchev–Trinajstić information content (AvgIpc) is 3.09. The van der Waals surface area contributed by atoms with E-state index in [9.17, 15) is 13.7 Å². The summed E-state index contributed by atoms with van der Waals surface area (Å²) in [6.07, 6.45) is 0. The zero-order chi connectivity index (χ0) is 15.0. The van der Waals surface area contributed by atoms with E-state index in [1.807, 2.05) is 6.07 Å². The molecule has 0 unspecified atom stereocenters. The van der Waals surface area contributed by atoms with Gasteiger partial charge in [0.25, 0.3) is 0 Å². The molecular formula is C14H16ClNO3S. The zero-order valence-electron chi connectivity index (χ0n) is 11.3. The fourth-order valence-corrected chi connectivity index (χ4v) is 5.06. The summed E-state index contributed by atoms with van der Waals surface area (Å²) in [7, 11) is -1.85. The van der Waals surface area contributed by atoms with E-state index in [-0.39, 0.29) is 18.3 Å². The van der Waals surface area contributed by atoms with Crippen molar-refractivity contribution in [3.05, 3.63) is 34.9 Å². The standard InChI is InChI=1S/C14H16ClNO3S/c1-3-20(17,18)13-12(14(13,8-16)9-19-2)10-5-4-6-11(15)7-10/h4-7,12-13H,3,9H2,1-2H3/t12-,13+,14+/m0/s1. The Bertz CT molecular complexity index is 653. The van der Waals surface area contributed by atoms with Crippen molar-refractivity contribution < 1.29 is 13.2 Å². The van der Waals surface area contributed by atoms with Crippen LogP contribution in [0.15, 0.2) is 24.3 Å². The van der Waals surface area contributed by atoms with Crippen molar-refractivity contribution in [2.24, 2.45) is 5.41 Å². The summed E-state index contributed by atoms with van der Waals surface area (Å²) in [6.45, 7) is 1.70.